The van der Waals surface area contributed by atoms with Crippen molar-refractivity contribution in [1.82, 2.24) is 30.1 Å². The van der Waals surface area contributed by atoms with Crippen molar-refractivity contribution in [2.75, 3.05) is 45.5 Å². The van der Waals surface area contributed by atoms with E-state index < -0.39 is 28.2 Å². The lowest BCUT2D eigenvalue weighted by Gasteiger charge is -2.43. The monoisotopic (exact) mass is 841 g/mol. The van der Waals surface area contributed by atoms with E-state index in [4.69, 9.17) is 22.1 Å². The summed E-state index contributed by atoms with van der Waals surface area (Å²) in [6.07, 6.45) is 7.28. The van der Waals surface area contributed by atoms with Crippen LogP contribution in [0.15, 0.2) is 66.0 Å². The van der Waals surface area contributed by atoms with Gasteiger partial charge in [0.05, 0.1) is 30.4 Å². The molecule has 2 saturated heterocycles. The number of rotatable bonds is 16. The third-order valence-corrected chi connectivity index (χ3v) is 13.6. The van der Waals surface area contributed by atoms with Crippen LogP contribution in [0, 0.1) is 5.41 Å². The van der Waals surface area contributed by atoms with Crippen LogP contribution >= 0.6 is 22.9 Å². The number of ether oxygens (including phenoxy) is 1. The highest BCUT2D eigenvalue weighted by molar-refractivity contribution is 7.88. The number of carbonyl (C=O) groups excluding carboxylic acids is 3. The third kappa shape index (κ3) is 12.0. The number of nitrogens with two attached hydrogens (primary N) is 1. The molecule has 1 spiro atoms. The van der Waals surface area contributed by atoms with Gasteiger partial charge in [-0.15, -0.1) is 11.3 Å². The van der Waals surface area contributed by atoms with Gasteiger partial charge in [-0.3, -0.25) is 14.5 Å². The zero-order valence-electron chi connectivity index (χ0n) is 32.7. The van der Waals surface area contributed by atoms with Crippen LogP contribution < -0.4 is 25.8 Å². The van der Waals surface area contributed by atoms with Gasteiger partial charge in [-0.25, -0.2) is 17.9 Å². The van der Waals surface area contributed by atoms with Crippen LogP contribution in [0.4, 0.5) is 4.79 Å². The van der Waals surface area contributed by atoms with Crippen molar-refractivity contribution in [3.8, 4) is 5.75 Å². The van der Waals surface area contributed by atoms with Crippen molar-refractivity contribution >= 4 is 50.9 Å². The highest BCUT2D eigenvalue weighted by atomic mass is 35.5. The van der Waals surface area contributed by atoms with E-state index in [2.05, 4.69) is 44.5 Å². The lowest BCUT2D eigenvalue weighted by atomic mass is 9.72. The minimum Gasteiger partial charge on any atom is -0.409 e. The van der Waals surface area contributed by atoms with E-state index in [0.29, 0.717) is 31.4 Å². The molecular weight excluding hydrogens is 786 g/mol. The maximum Gasteiger partial charge on any atom is 0.415 e. The summed E-state index contributed by atoms with van der Waals surface area (Å²) in [5.74, 6) is -0.397. The van der Waals surface area contributed by atoms with Gasteiger partial charge in [0.1, 0.15) is 6.04 Å². The second-order valence-electron chi connectivity index (χ2n) is 15.7. The van der Waals surface area contributed by atoms with Gasteiger partial charge in [-0.1, -0.05) is 66.6 Å². The first-order valence-electron chi connectivity index (χ1n) is 19.9. The van der Waals surface area contributed by atoms with E-state index in [1.165, 1.54) is 28.2 Å². The second-order valence-corrected chi connectivity index (χ2v) is 18.9. The lowest BCUT2D eigenvalue weighted by Crippen LogP contribution is -2.64. The first-order chi connectivity index (χ1) is 27.4. The molecule has 5 N–H and O–H groups in total. The van der Waals surface area contributed by atoms with Crippen molar-refractivity contribution in [2.45, 2.75) is 89.1 Å². The third-order valence-electron chi connectivity index (χ3n) is 11.5. The minimum atomic E-state index is -3.33. The Labute approximate surface area is 345 Å². The molecule has 0 bridgehead atoms. The Hall–Kier alpha value is -3.57. The smallest absolute Gasteiger partial charge is 0.409 e. The Morgan fingerprint density at radius 3 is 2.51 bits per heavy atom. The molecule has 0 unspecified atom stereocenters. The summed E-state index contributed by atoms with van der Waals surface area (Å²) >= 11 is 7.98. The predicted molar refractivity (Wildman–Crippen MR) is 223 cm³/mol. The summed E-state index contributed by atoms with van der Waals surface area (Å²) < 4.78 is 31.6. The van der Waals surface area contributed by atoms with Crippen LogP contribution in [-0.4, -0.2) is 105 Å². The molecule has 0 radical (unpaired) electrons. The van der Waals surface area contributed by atoms with Gasteiger partial charge in [-0.2, -0.15) is 0 Å². The average Bonchev–Trinajstić information content (AvgIpc) is 3.87. The average molecular weight is 843 g/mol. The molecule has 16 heteroatoms. The molecule has 3 fully saturated rings. The molecule has 310 valence electrons. The first kappa shape index (κ1) is 43.0. The van der Waals surface area contributed by atoms with Crippen molar-refractivity contribution in [3.05, 3.63) is 87.1 Å². The number of unbranched alkanes of at least 4 members (excludes halogenated alkanes) is 1. The zero-order valence-corrected chi connectivity index (χ0v) is 35.1. The number of sulfonamides is 1. The number of nitrogens with zero attached hydrogens (tertiary/aromatic N) is 3. The Balaban J connectivity index is 1.14. The standard InChI is InChI=1S/C41H56ClN7O6S2/c1-57(53,54)45-20-6-5-13-34(46-32-15-17-41(18-16-32)19-21-47(29-41)27-30-9-3-2-4-10-30)39(51)49-23-22-48(28-35(49)38(50)44-26-33-12-8-24-56-33)40(52)55-36-14-7-11-31(25-43)37(36)42/h2-4,7-12,14,24,32,34-35,45-46H,5-6,13,15-23,25-29,43H2,1H3,(H,44,50)/t32?,34-,35+,41?/m1/s1. The molecule has 3 heterocycles. The van der Waals surface area contributed by atoms with Gasteiger partial charge in [0.2, 0.25) is 21.8 Å². The van der Waals surface area contributed by atoms with Gasteiger partial charge in [0.15, 0.2) is 5.75 Å². The van der Waals surface area contributed by atoms with E-state index in [0.717, 1.165) is 56.5 Å². The van der Waals surface area contributed by atoms with E-state index in [1.54, 1.807) is 23.1 Å². The maximum atomic E-state index is 14.7. The maximum absolute atomic E-state index is 14.7. The van der Waals surface area contributed by atoms with E-state index in [1.807, 2.05) is 23.6 Å². The van der Waals surface area contributed by atoms with Gasteiger partial charge in [-0.05, 0) is 85.5 Å². The zero-order chi connectivity index (χ0) is 40.4. The molecule has 6 rings (SSSR count). The minimum absolute atomic E-state index is 0.0640. The first-order valence-corrected chi connectivity index (χ1v) is 23.1. The predicted octanol–water partition coefficient (Wildman–Crippen LogP) is 4.70. The molecule has 2 aliphatic heterocycles. The number of benzene rings is 2. The fourth-order valence-corrected chi connectivity index (χ4v) is 9.80. The van der Waals surface area contributed by atoms with E-state index in [-0.39, 0.29) is 66.8 Å². The summed E-state index contributed by atoms with van der Waals surface area (Å²) in [4.78, 5) is 48.7. The Kier molecular flexibility index (Phi) is 15.0. The summed E-state index contributed by atoms with van der Waals surface area (Å²) in [5.41, 5.74) is 8.04. The van der Waals surface area contributed by atoms with Gasteiger partial charge in [0, 0.05) is 50.2 Å². The molecule has 57 heavy (non-hydrogen) atoms. The molecule has 2 atom stereocenters. The number of hydrogen-bond acceptors (Lipinski definition) is 10. The molecule has 1 saturated carbocycles. The largest absolute Gasteiger partial charge is 0.415 e. The number of nitrogens with one attached hydrogen (secondary N) is 3. The number of amides is 3. The number of thiophene rings is 1. The number of piperazine rings is 1. The fourth-order valence-electron chi connectivity index (χ4n) is 8.40. The van der Waals surface area contributed by atoms with Crippen LogP contribution in [0.1, 0.15) is 67.4 Å². The van der Waals surface area contributed by atoms with Crippen LogP contribution in [-0.2, 0) is 39.2 Å². The summed E-state index contributed by atoms with van der Waals surface area (Å²) in [6, 6.07) is 18.0. The molecule has 13 nitrogen and oxygen atoms in total. The van der Waals surface area contributed by atoms with Gasteiger partial charge in [0.25, 0.3) is 0 Å². The summed E-state index contributed by atoms with van der Waals surface area (Å²) in [6.45, 7) is 4.08. The number of carbonyl (C=O) groups is 3. The Morgan fingerprint density at radius 1 is 1.00 bits per heavy atom. The van der Waals surface area contributed by atoms with Gasteiger partial charge < -0.3 is 30.9 Å². The summed E-state index contributed by atoms with van der Waals surface area (Å²) in [5, 5.41) is 8.88. The van der Waals surface area contributed by atoms with Gasteiger partial charge >= 0.3 is 6.09 Å². The number of likely N-dealkylation sites (tertiary alicyclic amines) is 1. The molecule has 2 aromatic carbocycles. The number of halogens is 1. The molecule has 3 aliphatic rings. The van der Waals surface area contributed by atoms with Crippen molar-refractivity contribution < 1.29 is 27.5 Å². The fraction of sp³-hybridized carbons (Fsp3) is 0.537. The molecule has 1 aliphatic carbocycles. The molecular formula is C41H56ClN7O6S2. The molecule has 3 aromatic rings. The molecule has 3 amide bonds. The van der Waals surface area contributed by atoms with Crippen LogP contribution in [0.2, 0.25) is 5.02 Å². The Bertz CT molecular complexity index is 1910. The van der Waals surface area contributed by atoms with Crippen molar-refractivity contribution in [1.29, 1.82) is 0 Å². The molecule has 1 aromatic heterocycles. The highest BCUT2D eigenvalue weighted by Crippen LogP contribution is 2.44. The van der Waals surface area contributed by atoms with Crippen molar-refractivity contribution in [2.24, 2.45) is 11.1 Å². The quantitative estimate of drug-likeness (QED) is 0.150. The summed E-state index contributed by atoms with van der Waals surface area (Å²) in [7, 11) is -3.33. The topological polar surface area (TPSA) is 166 Å². The lowest BCUT2D eigenvalue weighted by molar-refractivity contribution is -0.145. The number of hydrogen-bond donors (Lipinski definition) is 4. The second kappa shape index (κ2) is 19.9. The van der Waals surface area contributed by atoms with Crippen molar-refractivity contribution in [3.63, 3.8) is 0 Å². The Morgan fingerprint density at radius 2 is 1.79 bits per heavy atom. The van der Waals surface area contributed by atoms with Crippen LogP contribution in [0.5, 0.6) is 5.75 Å². The van der Waals surface area contributed by atoms with Crippen LogP contribution in [0.25, 0.3) is 0 Å². The SMILES string of the molecule is CS(=O)(=O)NCCCC[C@@H](NC1CCC2(CC1)CCN(Cc1ccccc1)C2)C(=O)N1CCN(C(=O)Oc2cccc(CN)c2Cl)C[C@H]1C(=O)NCc1cccs1. The van der Waals surface area contributed by atoms with E-state index >= 15 is 0 Å². The normalized spacial score (nSPS) is 22.1. The van der Waals surface area contributed by atoms with Crippen LogP contribution in [0.3, 0.4) is 0 Å². The van der Waals surface area contributed by atoms with E-state index in [9.17, 15) is 22.8 Å². The highest BCUT2D eigenvalue weighted by Gasteiger charge is 2.43.